The van der Waals surface area contributed by atoms with E-state index in [4.69, 9.17) is 0 Å². The first-order valence-corrected chi connectivity index (χ1v) is 8.09. The van der Waals surface area contributed by atoms with Crippen LogP contribution in [0.3, 0.4) is 0 Å². The Bertz CT molecular complexity index is 723. The van der Waals surface area contributed by atoms with E-state index in [0.717, 1.165) is 24.1 Å². The van der Waals surface area contributed by atoms with Crippen molar-refractivity contribution in [3.63, 3.8) is 0 Å². The summed E-state index contributed by atoms with van der Waals surface area (Å²) in [5.74, 6) is 0. The summed E-state index contributed by atoms with van der Waals surface area (Å²) in [6, 6.07) is 16.8. The number of halogens is 1. The summed E-state index contributed by atoms with van der Waals surface area (Å²) in [5, 5.41) is 3.52. The molecule has 0 radical (unpaired) electrons. The number of imidazole rings is 1. The van der Waals surface area contributed by atoms with Gasteiger partial charge in [-0.3, -0.25) is 0 Å². The van der Waals surface area contributed by atoms with Crippen LogP contribution in [0.4, 0.5) is 0 Å². The first kappa shape index (κ1) is 15.0. The van der Waals surface area contributed by atoms with Crippen LogP contribution < -0.4 is 5.32 Å². The number of hydrogen-bond acceptors (Lipinski definition) is 2. The van der Waals surface area contributed by atoms with Gasteiger partial charge in [-0.25, -0.2) is 4.98 Å². The van der Waals surface area contributed by atoms with E-state index in [0.29, 0.717) is 0 Å². The summed E-state index contributed by atoms with van der Waals surface area (Å²) in [6.45, 7) is 2.56. The molecular formula is C18H18BrN3. The third-order valence-corrected chi connectivity index (χ3v) is 4.39. The van der Waals surface area contributed by atoms with E-state index in [1.54, 1.807) is 0 Å². The number of nitrogens with zero attached hydrogens (tertiary/aromatic N) is 2. The highest BCUT2D eigenvalue weighted by atomic mass is 79.9. The van der Waals surface area contributed by atoms with Gasteiger partial charge in [0, 0.05) is 36.5 Å². The zero-order valence-corrected chi connectivity index (χ0v) is 13.8. The molecule has 0 saturated heterocycles. The Kier molecular flexibility index (Phi) is 5.03. The van der Waals surface area contributed by atoms with Crippen LogP contribution in [0.2, 0.25) is 0 Å². The molecule has 0 saturated carbocycles. The Morgan fingerprint density at radius 1 is 0.909 bits per heavy atom. The highest BCUT2D eigenvalue weighted by molar-refractivity contribution is 9.10. The van der Waals surface area contributed by atoms with Gasteiger partial charge in [0.2, 0.25) is 0 Å². The van der Waals surface area contributed by atoms with E-state index in [1.165, 1.54) is 16.7 Å². The molecule has 0 amide bonds. The molecule has 112 valence electrons. The summed E-state index contributed by atoms with van der Waals surface area (Å²) < 4.78 is 3.24. The van der Waals surface area contributed by atoms with Gasteiger partial charge in [-0.05, 0) is 22.8 Å². The largest absolute Gasteiger partial charge is 0.333 e. The topological polar surface area (TPSA) is 29.9 Å². The standard InChI is InChI=1S/C18H18BrN3/c19-18-8-4-3-6-16(18)12-21-11-15-5-1-2-7-17(15)13-22-10-9-20-14-22/h1-10,14,21H,11-13H2. The number of benzene rings is 2. The van der Waals surface area contributed by atoms with Crippen molar-refractivity contribution in [3.8, 4) is 0 Å². The Hall–Kier alpha value is -1.91. The summed E-state index contributed by atoms with van der Waals surface area (Å²) >= 11 is 3.59. The smallest absolute Gasteiger partial charge is 0.0949 e. The molecule has 1 aromatic heterocycles. The molecule has 22 heavy (non-hydrogen) atoms. The van der Waals surface area contributed by atoms with Gasteiger partial charge in [-0.15, -0.1) is 0 Å². The van der Waals surface area contributed by atoms with Gasteiger partial charge in [0.05, 0.1) is 6.33 Å². The van der Waals surface area contributed by atoms with Crippen molar-refractivity contribution in [3.05, 3.63) is 88.4 Å². The fourth-order valence-electron chi connectivity index (χ4n) is 2.43. The van der Waals surface area contributed by atoms with Crippen molar-refractivity contribution in [2.24, 2.45) is 0 Å². The zero-order chi connectivity index (χ0) is 15.2. The van der Waals surface area contributed by atoms with Crippen molar-refractivity contribution < 1.29 is 0 Å². The second kappa shape index (κ2) is 7.38. The van der Waals surface area contributed by atoms with Gasteiger partial charge in [0.25, 0.3) is 0 Å². The fourth-order valence-corrected chi connectivity index (χ4v) is 2.86. The molecule has 3 nitrogen and oxygen atoms in total. The van der Waals surface area contributed by atoms with Gasteiger partial charge in [0.15, 0.2) is 0 Å². The third kappa shape index (κ3) is 3.84. The normalized spacial score (nSPS) is 10.8. The lowest BCUT2D eigenvalue weighted by atomic mass is 10.1. The van der Waals surface area contributed by atoms with Crippen LogP contribution in [0.1, 0.15) is 16.7 Å². The summed E-state index contributed by atoms with van der Waals surface area (Å²) in [4.78, 5) is 4.10. The molecule has 2 aromatic carbocycles. The lowest BCUT2D eigenvalue weighted by Crippen LogP contribution is -2.15. The van der Waals surface area contributed by atoms with Crippen molar-refractivity contribution >= 4 is 15.9 Å². The van der Waals surface area contributed by atoms with E-state index in [9.17, 15) is 0 Å². The predicted octanol–water partition coefficient (Wildman–Crippen LogP) is 3.98. The zero-order valence-electron chi connectivity index (χ0n) is 12.2. The minimum absolute atomic E-state index is 0.848. The van der Waals surface area contributed by atoms with Crippen LogP contribution in [0, 0.1) is 0 Å². The number of aromatic nitrogens is 2. The molecule has 0 aliphatic heterocycles. The van der Waals surface area contributed by atoms with E-state index >= 15 is 0 Å². The second-order valence-electron chi connectivity index (χ2n) is 5.20. The van der Waals surface area contributed by atoms with E-state index < -0.39 is 0 Å². The quantitative estimate of drug-likeness (QED) is 0.724. The van der Waals surface area contributed by atoms with E-state index in [1.807, 2.05) is 24.8 Å². The Labute approximate surface area is 139 Å². The van der Waals surface area contributed by atoms with Crippen LogP contribution in [-0.2, 0) is 19.6 Å². The molecule has 0 bridgehead atoms. The second-order valence-corrected chi connectivity index (χ2v) is 6.05. The van der Waals surface area contributed by atoms with Gasteiger partial charge in [-0.1, -0.05) is 58.4 Å². The highest BCUT2D eigenvalue weighted by Gasteiger charge is 2.03. The van der Waals surface area contributed by atoms with Gasteiger partial charge >= 0.3 is 0 Å². The lowest BCUT2D eigenvalue weighted by molar-refractivity contribution is 0.679. The molecule has 0 spiro atoms. The third-order valence-electron chi connectivity index (χ3n) is 3.62. The molecular weight excluding hydrogens is 338 g/mol. The Morgan fingerprint density at radius 3 is 2.32 bits per heavy atom. The maximum Gasteiger partial charge on any atom is 0.0949 e. The minimum Gasteiger partial charge on any atom is -0.333 e. The first-order chi connectivity index (χ1) is 10.8. The van der Waals surface area contributed by atoms with Gasteiger partial charge in [-0.2, -0.15) is 0 Å². The Morgan fingerprint density at radius 2 is 1.59 bits per heavy atom. The maximum atomic E-state index is 4.10. The maximum absolute atomic E-state index is 4.10. The van der Waals surface area contributed by atoms with Crippen LogP contribution in [0.15, 0.2) is 71.7 Å². The molecule has 0 unspecified atom stereocenters. The minimum atomic E-state index is 0.848. The average molecular weight is 356 g/mol. The number of hydrogen-bond donors (Lipinski definition) is 1. The van der Waals surface area contributed by atoms with Crippen molar-refractivity contribution in [2.45, 2.75) is 19.6 Å². The fraction of sp³-hybridized carbons (Fsp3) is 0.167. The predicted molar refractivity (Wildman–Crippen MR) is 92.5 cm³/mol. The van der Waals surface area contributed by atoms with E-state index in [2.05, 4.69) is 73.3 Å². The molecule has 0 atom stereocenters. The summed E-state index contributed by atoms with van der Waals surface area (Å²) in [7, 11) is 0. The average Bonchev–Trinajstić information content (AvgIpc) is 3.04. The van der Waals surface area contributed by atoms with Gasteiger partial charge in [0.1, 0.15) is 0 Å². The molecule has 0 aliphatic rings. The Balaban J connectivity index is 1.64. The van der Waals surface area contributed by atoms with E-state index in [-0.39, 0.29) is 0 Å². The molecule has 3 rings (SSSR count). The molecule has 4 heteroatoms. The monoisotopic (exact) mass is 355 g/mol. The van der Waals surface area contributed by atoms with Crippen LogP contribution >= 0.6 is 15.9 Å². The van der Waals surface area contributed by atoms with Crippen molar-refractivity contribution in [2.75, 3.05) is 0 Å². The molecule has 0 aliphatic carbocycles. The van der Waals surface area contributed by atoms with Crippen molar-refractivity contribution in [1.29, 1.82) is 0 Å². The SMILES string of the molecule is Brc1ccccc1CNCc1ccccc1Cn1ccnc1. The van der Waals surface area contributed by atoms with Crippen LogP contribution in [-0.4, -0.2) is 9.55 Å². The highest BCUT2D eigenvalue weighted by Crippen LogP contribution is 2.16. The summed E-state index contributed by atoms with van der Waals surface area (Å²) in [6.07, 6.45) is 5.66. The van der Waals surface area contributed by atoms with Crippen LogP contribution in [0.25, 0.3) is 0 Å². The molecule has 3 aromatic rings. The lowest BCUT2D eigenvalue weighted by Gasteiger charge is -2.12. The molecule has 1 N–H and O–H groups in total. The first-order valence-electron chi connectivity index (χ1n) is 7.29. The number of rotatable bonds is 6. The van der Waals surface area contributed by atoms with Gasteiger partial charge < -0.3 is 9.88 Å². The van der Waals surface area contributed by atoms with Crippen molar-refractivity contribution in [1.82, 2.24) is 14.9 Å². The molecule has 0 fully saturated rings. The summed E-state index contributed by atoms with van der Waals surface area (Å²) in [5.41, 5.74) is 3.91. The molecule has 1 heterocycles. The number of nitrogens with one attached hydrogen (secondary N) is 1. The van der Waals surface area contributed by atoms with Crippen LogP contribution in [0.5, 0.6) is 0 Å².